The van der Waals surface area contributed by atoms with E-state index in [9.17, 15) is 4.79 Å². The fourth-order valence-electron chi connectivity index (χ4n) is 2.48. The summed E-state index contributed by atoms with van der Waals surface area (Å²) < 4.78 is 10.3. The summed E-state index contributed by atoms with van der Waals surface area (Å²) in [4.78, 5) is 17.1. The van der Waals surface area contributed by atoms with Gasteiger partial charge in [0.1, 0.15) is 11.5 Å². The Bertz CT molecular complexity index is 913. The van der Waals surface area contributed by atoms with E-state index in [2.05, 4.69) is 4.99 Å². The fraction of sp³-hybridized carbons (Fsp3) is 0.0909. The van der Waals surface area contributed by atoms with Crippen LogP contribution in [0.3, 0.4) is 0 Å². The summed E-state index contributed by atoms with van der Waals surface area (Å²) in [5.74, 6) is 1.47. The monoisotopic (exact) mass is 345 g/mol. The summed E-state index contributed by atoms with van der Waals surface area (Å²) in [6, 6.07) is 22.0. The molecule has 3 rings (SSSR count). The lowest BCUT2D eigenvalue weighted by Crippen LogP contribution is -2.00. The zero-order valence-corrected chi connectivity index (χ0v) is 14.7. The molecular formula is C22H19NO3. The van der Waals surface area contributed by atoms with Crippen LogP contribution in [-0.4, -0.2) is 26.2 Å². The topological polar surface area (TPSA) is 47.9 Å². The Morgan fingerprint density at radius 3 is 2.04 bits per heavy atom. The largest absolute Gasteiger partial charge is 0.497 e. The molecular weight excluding hydrogens is 326 g/mol. The van der Waals surface area contributed by atoms with Gasteiger partial charge in [-0.15, -0.1) is 0 Å². The summed E-state index contributed by atoms with van der Waals surface area (Å²) in [6.45, 7) is 0. The lowest BCUT2D eigenvalue weighted by molar-refractivity contribution is 0.103. The van der Waals surface area contributed by atoms with Gasteiger partial charge < -0.3 is 9.47 Å². The number of carbonyl (C=O) groups is 1. The molecule has 0 amide bonds. The van der Waals surface area contributed by atoms with Crippen LogP contribution in [0.4, 0.5) is 5.69 Å². The molecule has 4 heteroatoms. The van der Waals surface area contributed by atoms with Gasteiger partial charge in [0.05, 0.1) is 19.9 Å². The molecule has 4 nitrogen and oxygen atoms in total. The van der Waals surface area contributed by atoms with Gasteiger partial charge in [-0.05, 0) is 66.2 Å². The van der Waals surface area contributed by atoms with Gasteiger partial charge in [0.25, 0.3) is 0 Å². The van der Waals surface area contributed by atoms with Gasteiger partial charge in [-0.3, -0.25) is 9.79 Å². The predicted molar refractivity (Wildman–Crippen MR) is 103 cm³/mol. The first kappa shape index (κ1) is 17.4. The van der Waals surface area contributed by atoms with Crippen LogP contribution in [0.15, 0.2) is 77.8 Å². The zero-order valence-electron chi connectivity index (χ0n) is 14.7. The minimum atomic E-state index is -0.0471. The highest BCUT2D eigenvalue weighted by Gasteiger charge is 2.09. The molecule has 26 heavy (non-hydrogen) atoms. The number of ether oxygens (including phenoxy) is 2. The van der Waals surface area contributed by atoms with Crippen LogP contribution in [0.25, 0.3) is 0 Å². The first-order chi connectivity index (χ1) is 12.7. The fourth-order valence-corrected chi connectivity index (χ4v) is 2.48. The summed E-state index contributed by atoms with van der Waals surface area (Å²) >= 11 is 0. The Morgan fingerprint density at radius 2 is 1.42 bits per heavy atom. The maximum absolute atomic E-state index is 12.6. The molecule has 0 aliphatic carbocycles. The zero-order chi connectivity index (χ0) is 18.4. The third-order valence-corrected chi connectivity index (χ3v) is 3.94. The van der Waals surface area contributed by atoms with Gasteiger partial charge in [0, 0.05) is 17.3 Å². The quantitative estimate of drug-likeness (QED) is 0.481. The molecule has 0 bridgehead atoms. The number of ketones is 1. The molecule has 0 saturated heterocycles. The van der Waals surface area contributed by atoms with Crippen LogP contribution in [-0.2, 0) is 0 Å². The van der Waals surface area contributed by atoms with Crippen molar-refractivity contribution in [2.75, 3.05) is 14.2 Å². The molecule has 3 aromatic rings. The molecule has 0 saturated carbocycles. The van der Waals surface area contributed by atoms with E-state index in [4.69, 9.17) is 9.47 Å². The molecule has 130 valence electrons. The van der Waals surface area contributed by atoms with Crippen LogP contribution in [0.1, 0.15) is 21.5 Å². The Hall–Kier alpha value is -3.40. The number of hydrogen-bond donors (Lipinski definition) is 0. The molecule has 0 aliphatic rings. The van der Waals surface area contributed by atoms with Crippen molar-refractivity contribution in [3.8, 4) is 11.5 Å². The van der Waals surface area contributed by atoms with Gasteiger partial charge in [-0.25, -0.2) is 0 Å². The van der Waals surface area contributed by atoms with Crippen LogP contribution < -0.4 is 9.47 Å². The lowest BCUT2D eigenvalue weighted by atomic mass is 10.0. The second-order valence-electron chi connectivity index (χ2n) is 5.64. The standard InChI is InChI=1S/C22H19NO3/c1-25-20-10-6-16(7-11-20)15-23-19-5-3-4-18(14-19)22(24)17-8-12-21(26-2)13-9-17/h3-15H,1-2H3. The molecule has 0 unspecified atom stereocenters. The van der Waals surface area contributed by atoms with Crippen LogP contribution in [0.2, 0.25) is 0 Å². The summed E-state index contributed by atoms with van der Waals surface area (Å²) in [5, 5.41) is 0. The van der Waals surface area contributed by atoms with Crippen molar-refractivity contribution in [2.45, 2.75) is 0 Å². The molecule has 0 atom stereocenters. The lowest BCUT2D eigenvalue weighted by Gasteiger charge is -2.04. The second kappa shape index (κ2) is 8.12. The van der Waals surface area contributed by atoms with E-state index in [0.717, 1.165) is 22.7 Å². The van der Waals surface area contributed by atoms with E-state index in [1.54, 1.807) is 56.8 Å². The average Bonchev–Trinajstić information content (AvgIpc) is 2.72. The van der Waals surface area contributed by atoms with E-state index < -0.39 is 0 Å². The van der Waals surface area contributed by atoms with Gasteiger partial charge in [0.15, 0.2) is 5.78 Å². The van der Waals surface area contributed by atoms with E-state index in [1.165, 1.54) is 0 Å². The molecule has 0 radical (unpaired) electrons. The highest BCUT2D eigenvalue weighted by molar-refractivity contribution is 6.09. The predicted octanol–water partition coefficient (Wildman–Crippen LogP) is 4.69. The summed E-state index contributed by atoms with van der Waals surface area (Å²) in [7, 11) is 3.23. The van der Waals surface area contributed by atoms with Gasteiger partial charge in [0.2, 0.25) is 0 Å². The minimum absolute atomic E-state index is 0.0471. The molecule has 0 spiro atoms. The molecule has 0 aromatic heterocycles. The maximum atomic E-state index is 12.6. The van der Waals surface area contributed by atoms with E-state index in [0.29, 0.717) is 11.1 Å². The number of benzene rings is 3. The first-order valence-corrected chi connectivity index (χ1v) is 8.16. The smallest absolute Gasteiger partial charge is 0.193 e. The molecule has 0 fully saturated rings. The van der Waals surface area contributed by atoms with Crippen molar-refractivity contribution in [1.82, 2.24) is 0 Å². The number of methoxy groups -OCH3 is 2. The Morgan fingerprint density at radius 1 is 0.808 bits per heavy atom. The van der Waals surface area contributed by atoms with Crippen LogP contribution >= 0.6 is 0 Å². The first-order valence-electron chi connectivity index (χ1n) is 8.16. The third kappa shape index (κ3) is 4.16. The summed E-state index contributed by atoms with van der Waals surface area (Å²) in [5.41, 5.74) is 2.89. The van der Waals surface area contributed by atoms with Crippen LogP contribution in [0, 0.1) is 0 Å². The normalized spacial score (nSPS) is 10.7. The van der Waals surface area contributed by atoms with E-state index in [1.807, 2.05) is 36.4 Å². The summed E-state index contributed by atoms with van der Waals surface area (Å²) in [6.07, 6.45) is 1.76. The number of hydrogen-bond acceptors (Lipinski definition) is 4. The van der Waals surface area contributed by atoms with Crippen molar-refractivity contribution >= 4 is 17.7 Å². The van der Waals surface area contributed by atoms with Gasteiger partial charge in [-0.1, -0.05) is 12.1 Å². The second-order valence-corrected chi connectivity index (χ2v) is 5.64. The number of rotatable bonds is 6. The minimum Gasteiger partial charge on any atom is -0.497 e. The van der Waals surface area contributed by atoms with Crippen molar-refractivity contribution in [2.24, 2.45) is 4.99 Å². The Balaban J connectivity index is 1.78. The van der Waals surface area contributed by atoms with Gasteiger partial charge in [-0.2, -0.15) is 0 Å². The van der Waals surface area contributed by atoms with Crippen molar-refractivity contribution < 1.29 is 14.3 Å². The third-order valence-electron chi connectivity index (χ3n) is 3.94. The Kier molecular flexibility index (Phi) is 5.44. The van der Waals surface area contributed by atoms with Gasteiger partial charge >= 0.3 is 0 Å². The van der Waals surface area contributed by atoms with E-state index in [-0.39, 0.29) is 5.78 Å². The molecule has 0 heterocycles. The number of aliphatic imine (C=N–C) groups is 1. The number of nitrogens with zero attached hydrogens (tertiary/aromatic N) is 1. The van der Waals surface area contributed by atoms with Crippen LogP contribution in [0.5, 0.6) is 11.5 Å². The molecule has 3 aromatic carbocycles. The van der Waals surface area contributed by atoms with Crippen molar-refractivity contribution in [3.05, 3.63) is 89.5 Å². The van der Waals surface area contributed by atoms with Crippen molar-refractivity contribution in [1.29, 1.82) is 0 Å². The molecule has 0 aliphatic heterocycles. The average molecular weight is 345 g/mol. The maximum Gasteiger partial charge on any atom is 0.193 e. The molecule has 0 N–H and O–H groups in total. The highest BCUT2D eigenvalue weighted by atomic mass is 16.5. The van der Waals surface area contributed by atoms with E-state index >= 15 is 0 Å². The number of carbonyl (C=O) groups excluding carboxylic acids is 1. The Labute approximate surface area is 152 Å². The highest BCUT2D eigenvalue weighted by Crippen LogP contribution is 2.19. The van der Waals surface area contributed by atoms with Crippen molar-refractivity contribution in [3.63, 3.8) is 0 Å². The SMILES string of the molecule is COc1ccc(C=Nc2cccc(C(=O)c3ccc(OC)cc3)c2)cc1.